The third-order valence-electron chi connectivity index (χ3n) is 1.92. The van der Waals surface area contributed by atoms with Crippen LogP contribution in [0.15, 0.2) is 28.9 Å². The molecule has 0 unspecified atom stereocenters. The highest BCUT2D eigenvalue weighted by Crippen LogP contribution is 2.31. The summed E-state index contributed by atoms with van der Waals surface area (Å²) in [5, 5.41) is 3.82. The summed E-state index contributed by atoms with van der Waals surface area (Å²) >= 11 is 4.70. The number of rotatable bonds is 2. The van der Waals surface area contributed by atoms with Gasteiger partial charge in [0.05, 0.1) is 9.35 Å². The normalized spacial score (nSPS) is 10.3. The van der Waals surface area contributed by atoms with Gasteiger partial charge >= 0.3 is 0 Å². The molecule has 0 saturated carbocycles. The van der Waals surface area contributed by atoms with Gasteiger partial charge in [0.15, 0.2) is 5.13 Å². The third-order valence-corrected chi connectivity index (χ3v) is 3.60. The molecule has 0 aliphatic rings. The number of halogens is 2. The van der Waals surface area contributed by atoms with Gasteiger partial charge in [-0.15, -0.1) is 0 Å². The number of nitrogens with one attached hydrogen (secondary N) is 1. The Morgan fingerprint density at radius 2 is 2.27 bits per heavy atom. The molecule has 0 atom stereocenters. The summed E-state index contributed by atoms with van der Waals surface area (Å²) in [6.45, 7) is 0. The van der Waals surface area contributed by atoms with Gasteiger partial charge in [-0.1, -0.05) is 17.4 Å². The summed E-state index contributed by atoms with van der Waals surface area (Å²) < 4.78 is 13.5. The second-order valence-electron chi connectivity index (χ2n) is 2.91. The minimum absolute atomic E-state index is 0.253. The van der Waals surface area contributed by atoms with E-state index in [0.29, 0.717) is 4.47 Å². The van der Waals surface area contributed by atoms with Crippen molar-refractivity contribution in [3.8, 4) is 10.4 Å². The Kier molecular flexibility index (Phi) is 3.02. The number of aromatic nitrogens is 1. The maximum atomic E-state index is 13.0. The van der Waals surface area contributed by atoms with Crippen LogP contribution in [0.2, 0.25) is 0 Å². The zero-order chi connectivity index (χ0) is 10.8. The minimum Gasteiger partial charge on any atom is -0.365 e. The van der Waals surface area contributed by atoms with Crippen molar-refractivity contribution >= 4 is 32.4 Å². The van der Waals surface area contributed by atoms with Crippen molar-refractivity contribution in [2.45, 2.75) is 0 Å². The predicted molar refractivity (Wildman–Crippen MR) is 64.8 cm³/mol. The van der Waals surface area contributed by atoms with Crippen molar-refractivity contribution in [1.29, 1.82) is 0 Å². The van der Waals surface area contributed by atoms with Crippen molar-refractivity contribution in [1.82, 2.24) is 4.98 Å². The van der Waals surface area contributed by atoms with E-state index >= 15 is 0 Å². The van der Waals surface area contributed by atoms with Crippen LogP contribution >= 0.6 is 27.3 Å². The first kappa shape index (κ1) is 10.6. The maximum Gasteiger partial charge on any atom is 0.182 e. The van der Waals surface area contributed by atoms with Gasteiger partial charge in [0, 0.05) is 13.2 Å². The lowest BCUT2D eigenvalue weighted by molar-refractivity contribution is 0.621. The van der Waals surface area contributed by atoms with E-state index in [0.717, 1.165) is 15.6 Å². The third kappa shape index (κ3) is 2.18. The Hall–Kier alpha value is -0.940. The first-order valence-corrected chi connectivity index (χ1v) is 5.90. The molecule has 0 radical (unpaired) electrons. The van der Waals surface area contributed by atoms with Crippen molar-refractivity contribution in [3.05, 3.63) is 34.7 Å². The zero-order valence-electron chi connectivity index (χ0n) is 7.92. The first-order valence-electron chi connectivity index (χ1n) is 4.29. The summed E-state index contributed by atoms with van der Waals surface area (Å²) in [6, 6.07) is 4.94. The quantitative estimate of drug-likeness (QED) is 0.909. The smallest absolute Gasteiger partial charge is 0.182 e. The average molecular weight is 287 g/mol. The highest BCUT2D eigenvalue weighted by atomic mass is 79.9. The van der Waals surface area contributed by atoms with Crippen molar-refractivity contribution in [2.75, 3.05) is 12.4 Å². The van der Waals surface area contributed by atoms with E-state index in [-0.39, 0.29) is 5.82 Å². The van der Waals surface area contributed by atoms with Gasteiger partial charge in [-0.3, -0.25) is 0 Å². The van der Waals surface area contributed by atoms with Crippen LogP contribution in [0.4, 0.5) is 9.52 Å². The van der Waals surface area contributed by atoms with E-state index < -0.39 is 0 Å². The molecular weight excluding hydrogens is 279 g/mol. The number of thiazole rings is 1. The van der Waals surface area contributed by atoms with E-state index in [2.05, 4.69) is 26.2 Å². The fourth-order valence-electron chi connectivity index (χ4n) is 1.17. The van der Waals surface area contributed by atoms with Crippen LogP contribution in [0, 0.1) is 5.82 Å². The predicted octanol–water partition coefficient (Wildman–Crippen LogP) is 3.75. The number of anilines is 1. The summed E-state index contributed by atoms with van der Waals surface area (Å²) in [6.07, 6.45) is 1.77. The highest BCUT2D eigenvalue weighted by Gasteiger charge is 2.05. The fourth-order valence-corrected chi connectivity index (χ4v) is 2.32. The molecule has 1 aromatic carbocycles. The van der Waals surface area contributed by atoms with Gasteiger partial charge in [-0.2, -0.15) is 0 Å². The van der Waals surface area contributed by atoms with Crippen LogP contribution in [0.25, 0.3) is 10.4 Å². The Morgan fingerprint density at radius 3 is 2.87 bits per heavy atom. The molecule has 0 saturated heterocycles. The van der Waals surface area contributed by atoms with Gasteiger partial charge in [-0.25, -0.2) is 9.37 Å². The summed E-state index contributed by atoms with van der Waals surface area (Å²) in [5.74, 6) is -0.253. The molecule has 0 fully saturated rings. The Morgan fingerprint density at radius 1 is 1.47 bits per heavy atom. The van der Waals surface area contributed by atoms with Crippen LogP contribution < -0.4 is 5.32 Å². The molecule has 0 aliphatic heterocycles. The standard InChI is InChI=1S/C10H8BrFN2S/c1-13-10-14-5-9(15-10)6-2-3-8(12)7(11)4-6/h2-5H,1H3,(H,13,14). The van der Waals surface area contributed by atoms with E-state index in [1.54, 1.807) is 18.3 Å². The lowest BCUT2D eigenvalue weighted by atomic mass is 10.2. The SMILES string of the molecule is CNc1ncc(-c2ccc(F)c(Br)c2)s1. The molecule has 5 heteroatoms. The largest absolute Gasteiger partial charge is 0.365 e. The van der Waals surface area contributed by atoms with E-state index in [9.17, 15) is 4.39 Å². The molecule has 15 heavy (non-hydrogen) atoms. The van der Waals surface area contributed by atoms with Crippen LogP contribution in [0.3, 0.4) is 0 Å². The van der Waals surface area contributed by atoms with E-state index in [1.807, 2.05) is 7.05 Å². The van der Waals surface area contributed by atoms with Crippen molar-refractivity contribution in [3.63, 3.8) is 0 Å². The van der Waals surface area contributed by atoms with E-state index in [4.69, 9.17) is 0 Å². The van der Waals surface area contributed by atoms with Crippen molar-refractivity contribution < 1.29 is 4.39 Å². The number of hydrogen-bond donors (Lipinski definition) is 1. The molecule has 1 heterocycles. The molecule has 0 spiro atoms. The molecule has 2 aromatic rings. The lowest BCUT2D eigenvalue weighted by Crippen LogP contribution is -1.83. The molecule has 2 rings (SSSR count). The Bertz CT molecular complexity index is 484. The Labute approximate surface area is 99.3 Å². The molecule has 78 valence electrons. The average Bonchev–Trinajstić information content (AvgIpc) is 2.70. The minimum atomic E-state index is -0.253. The molecule has 2 nitrogen and oxygen atoms in total. The monoisotopic (exact) mass is 286 g/mol. The number of benzene rings is 1. The molecule has 1 aromatic heterocycles. The Balaban J connectivity index is 2.40. The van der Waals surface area contributed by atoms with Gasteiger partial charge in [0.2, 0.25) is 0 Å². The van der Waals surface area contributed by atoms with E-state index in [1.165, 1.54) is 17.4 Å². The van der Waals surface area contributed by atoms with Gasteiger partial charge in [-0.05, 0) is 33.6 Å². The second-order valence-corrected chi connectivity index (χ2v) is 4.79. The highest BCUT2D eigenvalue weighted by molar-refractivity contribution is 9.10. The summed E-state index contributed by atoms with van der Waals surface area (Å²) in [4.78, 5) is 5.18. The summed E-state index contributed by atoms with van der Waals surface area (Å²) in [7, 11) is 1.82. The zero-order valence-corrected chi connectivity index (χ0v) is 10.3. The van der Waals surface area contributed by atoms with Crippen LogP contribution in [-0.4, -0.2) is 12.0 Å². The second kappa shape index (κ2) is 4.28. The first-order chi connectivity index (χ1) is 7.20. The molecule has 0 bridgehead atoms. The molecular formula is C10H8BrFN2S. The van der Waals surface area contributed by atoms with Gasteiger partial charge < -0.3 is 5.32 Å². The van der Waals surface area contributed by atoms with Gasteiger partial charge in [0.1, 0.15) is 5.82 Å². The summed E-state index contributed by atoms with van der Waals surface area (Å²) in [5.41, 5.74) is 0.960. The fraction of sp³-hybridized carbons (Fsp3) is 0.100. The van der Waals surface area contributed by atoms with Gasteiger partial charge in [0.25, 0.3) is 0 Å². The topological polar surface area (TPSA) is 24.9 Å². The number of nitrogens with zero attached hydrogens (tertiary/aromatic N) is 1. The maximum absolute atomic E-state index is 13.0. The molecule has 0 amide bonds. The van der Waals surface area contributed by atoms with Crippen molar-refractivity contribution in [2.24, 2.45) is 0 Å². The van der Waals surface area contributed by atoms with Crippen LogP contribution in [-0.2, 0) is 0 Å². The molecule has 1 N–H and O–H groups in total. The lowest BCUT2D eigenvalue weighted by Gasteiger charge is -1.98. The number of hydrogen-bond acceptors (Lipinski definition) is 3. The van der Waals surface area contributed by atoms with Crippen LogP contribution in [0.1, 0.15) is 0 Å². The van der Waals surface area contributed by atoms with Crippen LogP contribution in [0.5, 0.6) is 0 Å². The molecule has 0 aliphatic carbocycles.